The third-order valence-corrected chi connectivity index (χ3v) is 6.11. The standard InChI is InChI=1S/C21H26N4O2S/c1-14-11-17(15(2)25(14)12-16-7-6-10-27-16)19-13-28-21(24-23-19)22-18-8-4-5-9-20(18)26-3/h4-5,8-9,11,16H,6-7,10,12-13H2,1-3H3,(H,22,24). The molecular formula is C21H26N4O2S. The van der Waals surface area contributed by atoms with E-state index in [-0.39, 0.29) is 0 Å². The van der Waals surface area contributed by atoms with Crippen LogP contribution < -0.4 is 10.2 Å². The van der Waals surface area contributed by atoms with Gasteiger partial charge in [0.05, 0.1) is 18.9 Å². The van der Waals surface area contributed by atoms with Crippen molar-refractivity contribution in [2.45, 2.75) is 39.3 Å². The lowest BCUT2D eigenvalue weighted by Crippen LogP contribution is -2.25. The maximum absolute atomic E-state index is 5.82. The van der Waals surface area contributed by atoms with Gasteiger partial charge in [-0.05, 0) is 44.9 Å². The molecule has 3 heterocycles. The van der Waals surface area contributed by atoms with Gasteiger partial charge in [0.25, 0.3) is 0 Å². The lowest BCUT2D eigenvalue weighted by molar-refractivity contribution is 0.0962. The Hall–Kier alpha value is -2.25. The molecule has 2 aliphatic rings. The van der Waals surface area contributed by atoms with E-state index >= 15 is 0 Å². The van der Waals surface area contributed by atoms with E-state index in [1.165, 1.54) is 23.4 Å². The Balaban J connectivity index is 1.51. The molecule has 2 aromatic rings. The van der Waals surface area contributed by atoms with Crippen molar-refractivity contribution in [3.05, 3.63) is 47.3 Å². The molecule has 2 aliphatic heterocycles. The minimum atomic E-state index is 0.332. The molecule has 28 heavy (non-hydrogen) atoms. The van der Waals surface area contributed by atoms with Gasteiger partial charge in [-0.1, -0.05) is 23.9 Å². The summed E-state index contributed by atoms with van der Waals surface area (Å²) in [6.45, 7) is 6.14. The second-order valence-corrected chi connectivity index (χ2v) is 8.04. The molecule has 7 heteroatoms. The number of aliphatic imine (C=N–C) groups is 1. The first kappa shape index (κ1) is 19.1. The summed E-state index contributed by atoms with van der Waals surface area (Å²) < 4.78 is 13.5. The normalized spacial score (nSPS) is 20.9. The Kier molecular flexibility index (Phi) is 5.73. The monoisotopic (exact) mass is 398 g/mol. The smallest absolute Gasteiger partial charge is 0.182 e. The molecule has 1 atom stereocenters. The first-order valence-electron chi connectivity index (χ1n) is 9.61. The van der Waals surface area contributed by atoms with Gasteiger partial charge >= 0.3 is 0 Å². The van der Waals surface area contributed by atoms with E-state index in [9.17, 15) is 0 Å². The van der Waals surface area contributed by atoms with Crippen LogP contribution in [0.15, 0.2) is 40.4 Å². The van der Waals surface area contributed by atoms with E-state index in [4.69, 9.17) is 9.47 Å². The van der Waals surface area contributed by atoms with Gasteiger partial charge in [0.1, 0.15) is 11.4 Å². The van der Waals surface area contributed by atoms with E-state index in [0.29, 0.717) is 6.10 Å². The number of amidine groups is 1. The molecule has 1 aromatic heterocycles. The van der Waals surface area contributed by atoms with E-state index < -0.39 is 0 Å². The Morgan fingerprint density at radius 3 is 2.93 bits per heavy atom. The van der Waals surface area contributed by atoms with Crippen LogP contribution in [0.4, 0.5) is 5.69 Å². The number of para-hydroxylation sites is 2. The van der Waals surface area contributed by atoms with Gasteiger partial charge in [0.2, 0.25) is 0 Å². The Labute approximate surface area is 170 Å². The van der Waals surface area contributed by atoms with Crippen LogP contribution in [0.5, 0.6) is 5.75 Å². The summed E-state index contributed by atoms with van der Waals surface area (Å²) in [5.41, 5.74) is 8.66. The number of nitrogens with one attached hydrogen (secondary N) is 1. The zero-order valence-corrected chi connectivity index (χ0v) is 17.4. The van der Waals surface area contributed by atoms with E-state index in [0.717, 1.165) is 47.6 Å². The lowest BCUT2D eigenvalue weighted by Gasteiger charge is -2.17. The van der Waals surface area contributed by atoms with Crippen molar-refractivity contribution in [1.29, 1.82) is 0 Å². The number of nitrogens with zero attached hydrogens (tertiary/aromatic N) is 3. The van der Waals surface area contributed by atoms with Crippen LogP contribution in [0.1, 0.15) is 29.8 Å². The van der Waals surface area contributed by atoms with Crippen LogP contribution in [-0.2, 0) is 11.3 Å². The molecule has 0 bridgehead atoms. The number of benzene rings is 1. The fraction of sp³-hybridized carbons (Fsp3) is 0.429. The highest BCUT2D eigenvalue weighted by Gasteiger charge is 2.22. The number of ether oxygens (including phenoxy) is 2. The van der Waals surface area contributed by atoms with Gasteiger partial charge < -0.3 is 14.0 Å². The fourth-order valence-electron chi connectivity index (χ4n) is 3.71. The molecule has 0 spiro atoms. The minimum absolute atomic E-state index is 0.332. The summed E-state index contributed by atoms with van der Waals surface area (Å²) >= 11 is 1.66. The molecule has 0 amide bonds. The first-order chi connectivity index (χ1) is 13.7. The number of aromatic nitrogens is 1. The second kappa shape index (κ2) is 8.41. The van der Waals surface area contributed by atoms with Gasteiger partial charge in [-0.25, -0.2) is 4.99 Å². The topological polar surface area (TPSA) is 60.1 Å². The van der Waals surface area contributed by atoms with E-state index in [2.05, 4.69) is 40.0 Å². The predicted octanol–water partition coefficient (Wildman–Crippen LogP) is 4.02. The van der Waals surface area contributed by atoms with Crippen LogP contribution in [0, 0.1) is 13.8 Å². The average molecular weight is 399 g/mol. The van der Waals surface area contributed by atoms with E-state index in [1.54, 1.807) is 18.9 Å². The Bertz CT molecular complexity index is 913. The van der Waals surface area contributed by atoms with Crippen molar-refractivity contribution in [2.24, 2.45) is 10.1 Å². The fourth-order valence-corrected chi connectivity index (χ4v) is 4.48. The van der Waals surface area contributed by atoms with Gasteiger partial charge in [0, 0.05) is 35.9 Å². The highest BCUT2D eigenvalue weighted by Crippen LogP contribution is 2.29. The molecule has 1 N–H and O–H groups in total. The summed E-state index contributed by atoms with van der Waals surface area (Å²) in [6.07, 6.45) is 2.64. The summed E-state index contributed by atoms with van der Waals surface area (Å²) in [7, 11) is 1.66. The van der Waals surface area contributed by atoms with Crippen LogP contribution in [0.2, 0.25) is 0 Å². The third-order valence-electron chi connectivity index (χ3n) is 5.23. The average Bonchev–Trinajstić information content (AvgIpc) is 3.33. The van der Waals surface area contributed by atoms with Crippen molar-refractivity contribution in [1.82, 2.24) is 9.99 Å². The summed E-state index contributed by atoms with van der Waals surface area (Å²) in [4.78, 5) is 4.65. The number of thioether (sulfide) groups is 1. The maximum Gasteiger partial charge on any atom is 0.182 e. The zero-order valence-electron chi connectivity index (χ0n) is 16.6. The predicted molar refractivity (Wildman–Crippen MR) is 115 cm³/mol. The number of hydrazone groups is 1. The molecule has 6 nitrogen and oxygen atoms in total. The first-order valence-corrected chi connectivity index (χ1v) is 10.6. The molecule has 1 fully saturated rings. The van der Waals surface area contributed by atoms with Gasteiger partial charge in [0.15, 0.2) is 5.17 Å². The highest BCUT2D eigenvalue weighted by atomic mass is 32.2. The SMILES string of the molecule is COc1ccccc1N=C1NN=C(c2cc(C)n(CC3CCCO3)c2C)CS1. The number of hydrogen-bond acceptors (Lipinski definition) is 5. The highest BCUT2D eigenvalue weighted by molar-refractivity contribution is 8.14. The molecular weight excluding hydrogens is 372 g/mol. The Morgan fingerprint density at radius 1 is 1.36 bits per heavy atom. The minimum Gasteiger partial charge on any atom is -0.494 e. The van der Waals surface area contributed by atoms with Crippen LogP contribution in [0.25, 0.3) is 0 Å². The molecule has 0 saturated carbocycles. The Morgan fingerprint density at radius 2 is 2.21 bits per heavy atom. The van der Waals surface area contributed by atoms with Crippen molar-refractivity contribution in [3.8, 4) is 5.75 Å². The van der Waals surface area contributed by atoms with Crippen molar-refractivity contribution in [3.63, 3.8) is 0 Å². The molecule has 4 rings (SSSR count). The summed E-state index contributed by atoms with van der Waals surface area (Å²) in [5.74, 6) is 1.54. The lowest BCUT2D eigenvalue weighted by atomic mass is 10.1. The molecule has 1 saturated heterocycles. The van der Waals surface area contributed by atoms with E-state index in [1.807, 2.05) is 24.3 Å². The quantitative estimate of drug-likeness (QED) is 0.826. The maximum atomic E-state index is 5.82. The van der Waals surface area contributed by atoms with Gasteiger partial charge in [-0.15, -0.1) is 0 Å². The number of methoxy groups -OCH3 is 1. The van der Waals surface area contributed by atoms with Crippen LogP contribution in [0.3, 0.4) is 0 Å². The van der Waals surface area contributed by atoms with Crippen LogP contribution >= 0.6 is 11.8 Å². The van der Waals surface area contributed by atoms with Gasteiger partial charge in [-0.2, -0.15) is 5.10 Å². The van der Waals surface area contributed by atoms with Crippen LogP contribution in [-0.4, -0.2) is 41.0 Å². The summed E-state index contributed by atoms with van der Waals surface area (Å²) in [6, 6.07) is 9.96. The number of hydrogen-bond donors (Lipinski definition) is 1. The number of aryl methyl sites for hydroxylation is 1. The second-order valence-electron chi connectivity index (χ2n) is 7.08. The molecule has 148 valence electrons. The third kappa shape index (κ3) is 3.95. The summed E-state index contributed by atoms with van der Waals surface area (Å²) in [5, 5.41) is 5.39. The van der Waals surface area contributed by atoms with Crippen molar-refractivity contribution >= 4 is 28.3 Å². The molecule has 1 aromatic carbocycles. The molecule has 0 aliphatic carbocycles. The van der Waals surface area contributed by atoms with Gasteiger partial charge in [-0.3, -0.25) is 5.43 Å². The van der Waals surface area contributed by atoms with Crippen molar-refractivity contribution < 1.29 is 9.47 Å². The molecule has 0 radical (unpaired) electrons. The number of rotatable bonds is 5. The van der Waals surface area contributed by atoms with Crippen molar-refractivity contribution in [2.75, 3.05) is 19.5 Å². The largest absolute Gasteiger partial charge is 0.494 e. The molecule has 1 unspecified atom stereocenters. The zero-order chi connectivity index (χ0) is 19.5.